The summed E-state index contributed by atoms with van der Waals surface area (Å²) in [6.45, 7) is 1.09. The summed E-state index contributed by atoms with van der Waals surface area (Å²) in [5, 5.41) is 14.9. The molecule has 3 rings (SSSR count). The van der Waals surface area contributed by atoms with Crippen molar-refractivity contribution >= 4 is 56.4 Å². The zero-order chi connectivity index (χ0) is 28.7. The molecule has 212 valence electrons. The van der Waals surface area contributed by atoms with Crippen LogP contribution in [0.25, 0.3) is 0 Å². The molecule has 13 heteroatoms. The summed E-state index contributed by atoms with van der Waals surface area (Å²) in [7, 11) is -4.03. The Kier molecular flexibility index (Phi) is 10.6. The second kappa shape index (κ2) is 13.5. The van der Waals surface area contributed by atoms with Gasteiger partial charge in [0.25, 0.3) is 5.69 Å². The van der Waals surface area contributed by atoms with E-state index in [-0.39, 0.29) is 41.3 Å². The minimum atomic E-state index is -4.03. The van der Waals surface area contributed by atoms with Gasteiger partial charge in [-0.1, -0.05) is 61.5 Å². The quantitative estimate of drug-likeness (QED) is 0.288. The molecule has 2 aromatic rings. The lowest BCUT2D eigenvalue weighted by atomic mass is 9.95. The summed E-state index contributed by atoms with van der Waals surface area (Å²) in [6, 6.07) is 9.00. The average Bonchev–Trinajstić information content (AvgIpc) is 2.89. The monoisotopic (exact) mass is 598 g/mol. The van der Waals surface area contributed by atoms with E-state index in [2.05, 4.69) is 5.32 Å². The van der Waals surface area contributed by atoms with Gasteiger partial charge in [-0.25, -0.2) is 8.42 Å². The van der Waals surface area contributed by atoms with Gasteiger partial charge in [-0.2, -0.15) is 0 Å². The number of nitrogens with zero attached hydrogens (tertiary/aromatic N) is 3. The molecule has 1 N–H and O–H groups in total. The van der Waals surface area contributed by atoms with Crippen LogP contribution in [-0.4, -0.2) is 54.9 Å². The van der Waals surface area contributed by atoms with Crippen molar-refractivity contribution in [2.45, 2.75) is 64.1 Å². The number of nitro groups is 1. The maximum Gasteiger partial charge on any atom is 0.271 e. The number of anilines is 1. The number of carbonyl (C=O) groups excluding carboxylic acids is 2. The predicted octanol–water partition coefficient (Wildman–Crippen LogP) is 4.92. The van der Waals surface area contributed by atoms with Crippen LogP contribution in [0.3, 0.4) is 0 Å². The smallest absolute Gasteiger partial charge is 0.271 e. The molecule has 0 unspecified atom stereocenters. The Bertz CT molecular complexity index is 1320. The molecule has 0 bridgehead atoms. The van der Waals surface area contributed by atoms with Gasteiger partial charge >= 0.3 is 0 Å². The van der Waals surface area contributed by atoms with Crippen molar-refractivity contribution in [1.29, 1.82) is 0 Å². The number of hydrogen-bond donors (Lipinski definition) is 1. The van der Waals surface area contributed by atoms with Gasteiger partial charge in [0, 0.05) is 24.7 Å². The molecule has 2 amide bonds. The van der Waals surface area contributed by atoms with Crippen LogP contribution >= 0.6 is 23.2 Å². The lowest BCUT2D eigenvalue weighted by Gasteiger charge is -2.34. The first-order valence-corrected chi connectivity index (χ1v) is 15.3. The highest BCUT2D eigenvalue weighted by atomic mass is 35.5. The number of nitrogens with one attached hydrogen (secondary N) is 1. The first kappa shape index (κ1) is 30.6. The van der Waals surface area contributed by atoms with Gasteiger partial charge in [0.1, 0.15) is 12.6 Å². The molecular weight excluding hydrogens is 567 g/mol. The number of hydrogen-bond acceptors (Lipinski definition) is 6. The molecule has 0 heterocycles. The van der Waals surface area contributed by atoms with Crippen LogP contribution in [0, 0.1) is 10.1 Å². The Labute approximate surface area is 238 Å². The molecule has 1 fully saturated rings. The first-order valence-electron chi connectivity index (χ1n) is 12.7. The Morgan fingerprint density at radius 2 is 1.79 bits per heavy atom. The van der Waals surface area contributed by atoms with Crippen molar-refractivity contribution in [2.75, 3.05) is 17.1 Å². The van der Waals surface area contributed by atoms with Crippen LogP contribution < -0.4 is 9.62 Å². The summed E-state index contributed by atoms with van der Waals surface area (Å²) in [5.74, 6) is -0.970. The molecule has 1 aliphatic carbocycles. The third kappa shape index (κ3) is 8.30. The van der Waals surface area contributed by atoms with E-state index in [0.717, 1.165) is 48.7 Å². The third-order valence-corrected chi connectivity index (χ3v) is 8.56. The Hall–Kier alpha value is -2.89. The van der Waals surface area contributed by atoms with Gasteiger partial charge in [-0.3, -0.25) is 24.0 Å². The highest BCUT2D eigenvalue weighted by molar-refractivity contribution is 7.92. The zero-order valence-electron chi connectivity index (χ0n) is 21.8. The van der Waals surface area contributed by atoms with Crippen molar-refractivity contribution < 1.29 is 22.9 Å². The van der Waals surface area contributed by atoms with E-state index in [4.69, 9.17) is 23.2 Å². The standard InChI is InChI=1S/C26H32Cl2N4O6S/c1-3-24(26(34)29-19-8-5-4-6-9-19)30(16-18-12-13-22(27)23(28)14-18)25(33)17-31(39(2,37)38)20-10-7-11-21(15-20)32(35)36/h7,10-15,19,24H,3-6,8-9,16-17H2,1-2H3,(H,29,34)/t24-/m0/s1. The van der Waals surface area contributed by atoms with E-state index < -0.39 is 33.4 Å². The van der Waals surface area contributed by atoms with Crippen LogP contribution in [0.5, 0.6) is 0 Å². The van der Waals surface area contributed by atoms with E-state index in [1.165, 1.54) is 23.1 Å². The summed E-state index contributed by atoms with van der Waals surface area (Å²) >= 11 is 12.2. The third-order valence-electron chi connectivity index (χ3n) is 6.68. The molecule has 1 saturated carbocycles. The van der Waals surface area contributed by atoms with E-state index in [0.29, 0.717) is 10.6 Å². The Balaban J connectivity index is 1.96. The van der Waals surface area contributed by atoms with Crippen molar-refractivity contribution in [2.24, 2.45) is 0 Å². The topological polar surface area (TPSA) is 130 Å². The molecule has 2 aromatic carbocycles. The van der Waals surface area contributed by atoms with Gasteiger partial charge < -0.3 is 10.2 Å². The summed E-state index contributed by atoms with van der Waals surface area (Å²) in [5.41, 5.74) is 0.247. The average molecular weight is 600 g/mol. The van der Waals surface area contributed by atoms with Crippen molar-refractivity contribution in [3.05, 3.63) is 68.2 Å². The van der Waals surface area contributed by atoms with Crippen molar-refractivity contribution in [1.82, 2.24) is 10.2 Å². The fourth-order valence-electron chi connectivity index (χ4n) is 4.67. The summed E-state index contributed by atoms with van der Waals surface area (Å²) < 4.78 is 26.2. The number of non-ortho nitro benzene ring substituents is 1. The van der Waals surface area contributed by atoms with Crippen LogP contribution in [0.15, 0.2) is 42.5 Å². The van der Waals surface area contributed by atoms with Gasteiger partial charge in [0.2, 0.25) is 21.8 Å². The molecule has 0 radical (unpaired) electrons. The van der Waals surface area contributed by atoms with Crippen LogP contribution in [0.2, 0.25) is 10.0 Å². The second-order valence-corrected chi connectivity index (χ2v) is 12.3. The van der Waals surface area contributed by atoms with Crippen LogP contribution in [0.4, 0.5) is 11.4 Å². The predicted molar refractivity (Wildman–Crippen MR) is 151 cm³/mol. The fraction of sp³-hybridized carbons (Fsp3) is 0.462. The highest BCUT2D eigenvalue weighted by Gasteiger charge is 2.33. The Morgan fingerprint density at radius 3 is 2.38 bits per heavy atom. The fourth-order valence-corrected chi connectivity index (χ4v) is 5.84. The molecule has 0 saturated heterocycles. The van der Waals surface area contributed by atoms with E-state index in [9.17, 15) is 28.1 Å². The number of amides is 2. The lowest BCUT2D eigenvalue weighted by Crippen LogP contribution is -2.53. The van der Waals surface area contributed by atoms with Gasteiger partial charge in [0.05, 0.1) is 26.9 Å². The van der Waals surface area contributed by atoms with Crippen molar-refractivity contribution in [3.63, 3.8) is 0 Å². The Morgan fingerprint density at radius 1 is 1.10 bits per heavy atom. The van der Waals surface area contributed by atoms with Crippen molar-refractivity contribution in [3.8, 4) is 0 Å². The molecular formula is C26H32Cl2N4O6S. The van der Waals surface area contributed by atoms with E-state index in [1.807, 2.05) is 0 Å². The number of halogens is 2. The minimum absolute atomic E-state index is 0.0135. The van der Waals surface area contributed by atoms with Gasteiger partial charge in [-0.05, 0) is 43.0 Å². The zero-order valence-corrected chi connectivity index (χ0v) is 24.1. The summed E-state index contributed by atoms with van der Waals surface area (Å²) in [6.07, 6.45) is 6.05. The molecule has 39 heavy (non-hydrogen) atoms. The van der Waals surface area contributed by atoms with Gasteiger partial charge in [0.15, 0.2) is 0 Å². The van der Waals surface area contributed by atoms with E-state index >= 15 is 0 Å². The molecule has 1 aliphatic rings. The summed E-state index contributed by atoms with van der Waals surface area (Å²) in [4.78, 5) is 39.2. The maximum absolute atomic E-state index is 13.8. The highest BCUT2D eigenvalue weighted by Crippen LogP contribution is 2.26. The molecule has 0 aromatic heterocycles. The van der Waals surface area contributed by atoms with Crippen LogP contribution in [-0.2, 0) is 26.2 Å². The van der Waals surface area contributed by atoms with Gasteiger partial charge in [-0.15, -0.1) is 0 Å². The number of benzene rings is 2. The second-order valence-electron chi connectivity index (χ2n) is 9.58. The minimum Gasteiger partial charge on any atom is -0.352 e. The SMILES string of the molecule is CC[C@@H](C(=O)NC1CCCCC1)N(Cc1ccc(Cl)c(Cl)c1)C(=O)CN(c1cccc([N+](=O)[O-])c1)S(C)(=O)=O. The number of nitro benzene ring substituents is 1. The van der Waals surface area contributed by atoms with E-state index in [1.54, 1.807) is 25.1 Å². The number of rotatable bonds is 11. The first-order chi connectivity index (χ1) is 18.4. The molecule has 0 aliphatic heterocycles. The molecule has 10 nitrogen and oxygen atoms in total. The molecule has 1 atom stereocenters. The molecule has 0 spiro atoms. The largest absolute Gasteiger partial charge is 0.352 e. The number of sulfonamides is 1. The lowest BCUT2D eigenvalue weighted by molar-refractivity contribution is -0.384. The normalized spacial score (nSPS) is 14.9. The number of carbonyl (C=O) groups is 2. The van der Waals surface area contributed by atoms with Crippen LogP contribution in [0.1, 0.15) is 51.0 Å². The maximum atomic E-state index is 13.8.